The van der Waals surface area contributed by atoms with Crippen LogP contribution < -0.4 is 0 Å². The number of rotatable bonds is 5. The second-order valence-corrected chi connectivity index (χ2v) is 11.5. The third kappa shape index (κ3) is 3.42. The Hall–Kier alpha value is -1.18. The minimum absolute atomic E-state index is 0.0600. The molecule has 0 aliphatic heterocycles. The van der Waals surface area contributed by atoms with Gasteiger partial charge in [0.2, 0.25) is 0 Å². The van der Waals surface area contributed by atoms with Gasteiger partial charge in [-0.05, 0) is 67.8 Å². The quantitative estimate of drug-likeness (QED) is 0.621. The van der Waals surface area contributed by atoms with Crippen molar-refractivity contribution >= 4 is 29.3 Å². The molecule has 31 heavy (non-hydrogen) atoms. The van der Waals surface area contributed by atoms with Gasteiger partial charge in [-0.15, -0.1) is 11.8 Å². The van der Waals surface area contributed by atoms with Gasteiger partial charge in [0.1, 0.15) is 5.60 Å². The lowest BCUT2D eigenvalue weighted by Gasteiger charge is -2.60. The van der Waals surface area contributed by atoms with Gasteiger partial charge in [-0.1, -0.05) is 19.4 Å². The molecule has 0 heterocycles. The molecular formula is C24H34O6S. The van der Waals surface area contributed by atoms with E-state index in [-0.39, 0.29) is 52.2 Å². The summed E-state index contributed by atoms with van der Waals surface area (Å²) >= 11 is 1.17. The number of thioether (sulfide) groups is 1. The normalized spacial score (nSPS) is 44.0. The maximum absolute atomic E-state index is 13.1. The molecule has 6 nitrogen and oxygen atoms in total. The van der Waals surface area contributed by atoms with Crippen LogP contribution in [0.1, 0.15) is 58.8 Å². The maximum atomic E-state index is 13.1. The number of carbonyl (C=O) groups excluding carboxylic acids is 3. The molecule has 4 aliphatic carbocycles. The first-order chi connectivity index (χ1) is 14.6. The van der Waals surface area contributed by atoms with Crippen molar-refractivity contribution in [3.05, 3.63) is 11.6 Å². The lowest BCUT2D eigenvalue weighted by Crippen LogP contribution is -2.62. The summed E-state index contributed by atoms with van der Waals surface area (Å²) < 4.78 is 4.63. The highest BCUT2D eigenvalue weighted by Crippen LogP contribution is 2.67. The number of Topliss-reactive ketones (excluding diaryl/α,β-unsaturated/α-hetero) is 1. The van der Waals surface area contributed by atoms with Gasteiger partial charge in [0, 0.05) is 11.8 Å². The van der Waals surface area contributed by atoms with Crippen molar-refractivity contribution < 1.29 is 29.3 Å². The van der Waals surface area contributed by atoms with Crippen molar-refractivity contribution in [3.8, 4) is 0 Å². The van der Waals surface area contributed by atoms with Crippen LogP contribution in [-0.4, -0.2) is 58.1 Å². The van der Waals surface area contributed by atoms with E-state index in [4.69, 9.17) is 0 Å². The third-order valence-electron chi connectivity index (χ3n) is 9.19. The first kappa shape index (κ1) is 23.0. The predicted octanol–water partition coefficient (Wildman–Crippen LogP) is 2.70. The van der Waals surface area contributed by atoms with Crippen molar-refractivity contribution in [1.29, 1.82) is 0 Å². The molecule has 3 saturated carbocycles. The summed E-state index contributed by atoms with van der Waals surface area (Å²) in [7, 11) is 1.31. The fourth-order valence-electron chi connectivity index (χ4n) is 7.56. The topological polar surface area (TPSA) is 101 Å². The maximum Gasteiger partial charge on any atom is 0.315 e. The van der Waals surface area contributed by atoms with Crippen molar-refractivity contribution in [2.45, 2.75) is 70.5 Å². The van der Waals surface area contributed by atoms with Gasteiger partial charge in [-0.3, -0.25) is 14.4 Å². The fourth-order valence-corrected chi connectivity index (χ4v) is 8.37. The number of methoxy groups -OCH3 is 1. The molecule has 172 valence electrons. The van der Waals surface area contributed by atoms with Crippen molar-refractivity contribution in [3.63, 3.8) is 0 Å². The van der Waals surface area contributed by atoms with Crippen LogP contribution in [0.5, 0.6) is 0 Å². The Bertz CT molecular complexity index is 823. The van der Waals surface area contributed by atoms with E-state index in [1.165, 1.54) is 24.4 Å². The van der Waals surface area contributed by atoms with Crippen molar-refractivity contribution in [1.82, 2.24) is 0 Å². The van der Waals surface area contributed by atoms with E-state index in [1.807, 2.05) is 13.0 Å². The monoisotopic (exact) mass is 450 g/mol. The van der Waals surface area contributed by atoms with Crippen LogP contribution in [0.15, 0.2) is 11.6 Å². The molecule has 0 bridgehead atoms. The number of hydrogen-bond acceptors (Lipinski definition) is 7. The molecule has 3 unspecified atom stereocenters. The highest BCUT2D eigenvalue weighted by atomic mass is 32.2. The minimum Gasteiger partial charge on any atom is -0.468 e. The van der Waals surface area contributed by atoms with E-state index in [0.29, 0.717) is 19.3 Å². The predicted molar refractivity (Wildman–Crippen MR) is 117 cm³/mol. The second kappa shape index (κ2) is 7.99. The summed E-state index contributed by atoms with van der Waals surface area (Å²) in [6.45, 7) is 4.18. The van der Waals surface area contributed by atoms with Gasteiger partial charge in [0.25, 0.3) is 0 Å². The number of ether oxygens (including phenoxy) is 1. The molecular weight excluding hydrogens is 416 g/mol. The number of ketones is 2. The average Bonchev–Trinajstić information content (AvgIpc) is 2.99. The van der Waals surface area contributed by atoms with E-state index < -0.39 is 17.1 Å². The standard InChI is InChI=1S/C24H34O6S/c1-22-8-6-15(25)10-14(22)4-5-16-17-7-9-24(29,19(27)12-31-13-20(28)30-3)23(17,2)11-18(26)21(16)22/h10,16-18,21,26,29H,4-9,11-13H2,1-3H3/t16?,17?,18-,21?,22-,23-,24-/m0/s1. The molecule has 4 rings (SSSR count). The van der Waals surface area contributed by atoms with E-state index >= 15 is 0 Å². The van der Waals surface area contributed by atoms with Gasteiger partial charge in [-0.2, -0.15) is 0 Å². The Labute approximate surface area is 188 Å². The first-order valence-electron chi connectivity index (χ1n) is 11.4. The zero-order valence-electron chi connectivity index (χ0n) is 18.7. The molecule has 0 amide bonds. The van der Waals surface area contributed by atoms with Crippen molar-refractivity contribution in [2.24, 2.45) is 28.6 Å². The molecule has 0 aromatic carbocycles. The van der Waals surface area contributed by atoms with Crippen LogP contribution in [0.2, 0.25) is 0 Å². The SMILES string of the molecule is COC(=O)CSCC(=O)[C@@]1(O)CCC2C3CCC4=CC(=O)CC[C@]4(C)C3[C@@H](O)C[C@@]21C. The second-order valence-electron chi connectivity index (χ2n) is 10.5. The Morgan fingerprint density at radius 2 is 1.94 bits per heavy atom. The Balaban J connectivity index is 1.57. The Kier molecular flexibility index (Phi) is 5.93. The lowest BCUT2D eigenvalue weighted by atomic mass is 9.45. The van der Waals surface area contributed by atoms with Gasteiger partial charge < -0.3 is 14.9 Å². The number of aliphatic hydroxyl groups is 2. The molecule has 0 aromatic heterocycles. The van der Waals surface area contributed by atoms with Gasteiger partial charge in [-0.25, -0.2) is 0 Å². The summed E-state index contributed by atoms with van der Waals surface area (Å²) in [6, 6.07) is 0. The van der Waals surface area contributed by atoms with Crippen LogP contribution in [0.3, 0.4) is 0 Å². The van der Waals surface area contributed by atoms with E-state index in [1.54, 1.807) is 0 Å². The molecule has 7 heteroatoms. The van der Waals surface area contributed by atoms with Crippen LogP contribution >= 0.6 is 11.8 Å². The zero-order chi connectivity index (χ0) is 22.6. The van der Waals surface area contributed by atoms with Crippen LogP contribution in [0.4, 0.5) is 0 Å². The molecule has 3 fully saturated rings. The van der Waals surface area contributed by atoms with Crippen LogP contribution in [-0.2, 0) is 19.1 Å². The highest BCUT2D eigenvalue weighted by Gasteiger charge is 2.68. The molecule has 4 aliphatic rings. The average molecular weight is 451 g/mol. The number of hydrogen-bond donors (Lipinski definition) is 2. The summed E-state index contributed by atoms with van der Waals surface area (Å²) in [5, 5.41) is 23.0. The summed E-state index contributed by atoms with van der Waals surface area (Å²) in [6.07, 6.45) is 5.79. The smallest absolute Gasteiger partial charge is 0.315 e. The minimum atomic E-state index is -1.48. The molecule has 0 radical (unpaired) electrons. The summed E-state index contributed by atoms with van der Waals surface area (Å²) in [5.41, 5.74) is -1.17. The van der Waals surface area contributed by atoms with E-state index in [9.17, 15) is 24.6 Å². The number of aliphatic hydroxyl groups excluding tert-OH is 1. The van der Waals surface area contributed by atoms with Crippen molar-refractivity contribution in [2.75, 3.05) is 18.6 Å². The van der Waals surface area contributed by atoms with Crippen LogP contribution in [0, 0.1) is 28.6 Å². The number of carbonyl (C=O) groups is 3. The highest BCUT2D eigenvalue weighted by molar-refractivity contribution is 8.00. The number of allylic oxidation sites excluding steroid dienone is 1. The fraction of sp³-hybridized carbons (Fsp3) is 0.792. The molecule has 0 spiro atoms. The summed E-state index contributed by atoms with van der Waals surface area (Å²) in [5.74, 6) is 0.147. The van der Waals surface area contributed by atoms with Gasteiger partial charge in [0.05, 0.1) is 24.7 Å². The van der Waals surface area contributed by atoms with E-state index in [0.717, 1.165) is 25.7 Å². The lowest BCUT2D eigenvalue weighted by molar-refractivity contribution is -0.178. The zero-order valence-corrected chi connectivity index (χ0v) is 19.5. The number of fused-ring (bicyclic) bond motifs is 5. The largest absolute Gasteiger partial charge is 0.468 e. The molecule has 0 saturated heterocycles. The third-order valence-corrected chi connectivity index (χ3v) is 10.1. The van der Waals surface area contributed by atoms with Crippen LogP contribution in [0.25, 0.3) is 0 Å². The number of esters is 1. The van der Waals surface area contributed by atoms with Gasteiger partial charge >= 0.3 is 5.97 Å². The van der Waals surface area contributed by atoms with Gasteiger partial charge in [0.15, 0.2) is 11.6 Å². The molecule has 2 N–H and O–H groups in total. The molecule has 0 aromatic rings. The summed E-state index contributed by atoms with van der Waals surface area (Å²) in [4.78, 5) is 36.5. The van der Waals surface area contributed by atoms with E-state index in [2.05, 4.69) is 11.7 Å². The molecule has 7 atom stereocenters. The first-order valence-corrected chi connectivity index (χ1v) is 12.5. The Morgan fingerprint density at radius 3 is 2.65 bits per heavy atom. The Morgan fingerprint density at radius 1 is 1.19 bits per heavy atom.